The van der Waals surface area contributed by atoms with Gasteiger partial charge < -0.3 is 9.32 Å². The molecular formula is C21H15F2N5O2. The highest BCUT2D eigenvalue weighted by atomic mass is 19.3. The molecule has 0 saturated carbocycles. The molecule has 0 fully saturated rings. The van der Waals surface area contributed by atoms with Gasteiger partial charge >= 0.3 is 6.43 Å². The number of amides is 1. The van der Waals surface area contributed by atoms with E-state index in [2.05, 4.69) is 20.2 Å². The van der Waals surface area contributed by atoms with Crippen LogP contribution in [0.1, 0.15) is 28.4 Å². The van der Waals surface area contributed by atoms with Gasteiger partial charge in [-0.25, -0.2) is 0 Å². The molecule has 0 aliphatic heterocycles. The number of carbonyl (C=O) groups is 1. The van der Waals surface area contributed by atoms with Crippen molar-refractivity contribution in [2.45, 2.75) is 13.0 Å². The van der Waals surface area contributed by atoms with Crippen LogP contribution in [-0.4, -0.2) is 26.1 Å². The van der Waals surface area contributed by atoms with Gasteiger partial charge in [0.15, 0.2) is 0 Å². The van der Waals surface area contributed by atoms with E-state index in [1.807, 2.05) is 30.3 Å². The Kier molecular flexibility index (Phi) is 5.51. The van der Waals surface area contributed by atoms with Gasteiger partial charge in [-0.05, 0) is 36.4 Å². The highest BCUT2D eigenvalue weighted by Gasteiger charge is 2.20. The number of para-hydroxylation sites is 1. The first-order valence-corrected chi connectivity index (χ1v) is 8.95. The molecule has 150 valence electrons. The normalized spacial score (nSPS) is 10.9. The number of nitrogens with zero attached hydrogens (tertiary/aromatic N) is 5. The average molecular weight is 407 g/mol. The van der Waals surface area contributed by atoms with Crippen molar-refractivity contribution in [2.75, 3.05) is 4.90 Å². The van der Waals surface area contributed by atoms with E-state index in [1.54, 1.807) is 41.6 Å². The van der Waals surface area contributed by atoms with Crippen LogP contribution in [0, 0.1) is 0 Å². The van der Waals surface area contributed by atoms with Crippen LogP contribution in [-0.2, 0) is 6.54 Å². The molecule has 0 atom stereocenters. The molecule has 0 bridgehead atoms. The Bertz CT molecular complexity index is 1120. The third-order valence-corrected chi connectivity index (χ3v) is 4.26. The van der Waals surface area contributed by atoms with Gasteiger partial charge in [-0.15, -0.1) is 10.2 Å². The van der Waals surface area contributed by atoms with Crippen LogP contribution in [0.25, 0.3) is 11.5 Å². The molecule has 7 nitrogen and oxygen atoms in total. The molecule has 1 amide bonds. The monoisotopic (exact) mass is 407 g/mol. The van der Waals surface area contributed by atoms with Gasteiger partial charge in [-0.2, -0.15) is 8.78 Å². The van der Waals surface area contributed by atoms with Crippen LogP contribution in [0.15, 0.2) is 77.6 Å². The van der Waals surface area contributed by atoms with E-state index in [4.69, 9.17) is 4.42 Å². The summed E-state index contributed by atoms with van der Waals surface area (Å²) in [5.74, 6) is -0.989. The van der Waals surface area contributed by atoms with E-state index in [0.29, 0.717) is 22.5 Å². The van der Waals surface area contributed by atoms with Gasteiger partial charge in [-0.1, -0.05) is 18.2 Å². The van der Waals surface area contributed by atoms with Gasteiger partial charge in [0.05, 0.1) is 17.8 Å². The number of anilines is 1. The summed E-state index contributed by atoms with van der Waals surface area (Å²) in [6.07, 6.45) is 1.72. The van der Waals surface area contributed by atoms with Gasteiger partial charge in [0, 0.05) is 29.8 Å². The molecule has 0 spiro atoms. The van der Waals surface area contributed by atoms with Gasteiger partial charge in [0.2, 0.25) is 5.89 Å². The molecule has 0 N–H and O–H groups in total. The van der Waals surface area contributed by atoms with Crippen LogP contribution in [0.3, 0.4) is 0 Å². The number of rotatable bonds is 6. The fourth-order valence-electron chi connectivity index (χ4n) is 2.78. The second-order valence-electron chi connectivity index (χ2n) is 6.25. The molecule has 1 aromatic carbocycles. The summed E-state index contributed by atoms with van der Waals surface area (Å²) < 4.78 is 30.2. The summed E-state index contributed by atoms with van der Waals surface area (Å²) >= 11 is 0. The minimum Gasteiger partial charge on any atom is -0.415 e. The van der Waals surface area contributed by atoms with Crippen molar-refractivity contribution >= 4 is 11.6 Å². The molecule has 3 aromatic heterocycles. The van der Waals surface area contributed by atoms with Gasteiger partial charge in [0.25, 0.3) is 11.8 Å². The highest BCUT2D eigenvalue weighted by molar-refractivity contribution is 6.05. The molecule has 0 saturated heterocycles. The van der Waals surface area contributed by atoms with Crippen molar-refractivity contribution in [3.8, 4) is 11.5 Å². The second-order valence-corrected chi connectivity index (χ2v) is 6.25. The molecule has 30 heavy (non-hydrogen) atoms. The van der Waals surface area contributed by atoms with E-state index in [1.165, 1.54) is 6.20 Å². The largest absolute Gasteiger partial charge is 0.415 e. The van der Waals surface area contributed by atoms with Crippen LogP contribution in [0.4, 0.5) is 14.5 Å². The van der Waals surface area contributed by atoms with E-state index in [9.17, 15) is 13.6 Å². The topological polar surface area (TPSA) is 85.0 Å². The molecule has 9 heteroatoms. The average Bonchev–Trinajstić information content (AvgIpc) is 3.29. The lowest BCUT2D eigenvalue weighted by Gasteiger charge is -2.22. The lowest BCUT2D eigenvalue weighted by molar-refractivity contribution is 0.0984. The first-order valence-electron chi connectivity index (χ1n) is 8.95. The van der Waals surface area contributed by atoms with Gasteiger partial charge in [0.1, 0.15) is 0 Å². The fourth-order valence-corrected chi connectivity index (χ4v) is 2.78. The van der Waals surface area contributed by atoms with Crippen LogP contribution in [0.5, 0.6) is 0 Å². The molecule has 0 radical (unpaired) electrons. The third kappa shape index (κ3) is 4.19. The fraction of sp³-hybridized carbons (Fsp3) is 0.0952. The maximum Gasteiger partial charge on any atom is 0.314 e. The maximum atomic E-state index is 13.1. The van der Waals surface area contributed by atoms with Crippen molar-refractivity contribution in [3.63, 3.8) is 0 Å². The van der Waals surface area contributed by atoms with Crippen molar-refractivity contribution in [2.24, 2.45) is 0 Å². The smallest absolute Gasteiger partial charge is 0.314 e. The van der Waals surface area contributed by atoms with E-state index >= 15 is 0 Å². The zero-order chi connectivity index (χ0) is 20.9. The number of hydrogen-bond acceptors (Lipinski definition) is 6. The number of hydrogen-bond donors (Lipinski definition) is 0. The number of pyridine rings is 2. The SMILES string of the molecule is O=C(c1ccncc1)N(Cc1ccc(-c2nnc(C(F)F)o2)cn1)c1ccccc1. The molecule has 0 aliphatic carbocycles. The Morgan fingerprint density at radius 1 is 1.00 bits per heavy atom. The van der Waals surface area contributed by atoms with Gasteiger partial charge in [-0.3, -0.25) is 14.8 Å². The first-order chi connectivity index (χ1) is 14.6. The Morgan fingerprint density at radius 3 is 2.40 bits per heavy atom. The molecular weight excluding hydrogens is 392 g/mol. The number of aromatic nitrogens is 4. The zero-order valence-corrected chi connectivity index (χ0v) is 15.5. The van der Waals surface area contributed by atoms with E-state index in [0.717, 1.165) is 0 Å². The summed E-state index contributed by atoms with van der Waals surface area (Å²) in [7, 11) is 0. The number of alkyl halides is 2. The Labute approximate surface area is 170 Å². The van der Waals surface area contributed by atoms with Crippen molar-refractivity contribution < 1.29 is 18.0 Å². The van der Waals surface area contributed by atoms with Crippen molar-refractivity contribution in [1.82, 2.24) is 20.2 Å². The Hall–Kier alpha value is -4.01. The van der Waals surface area contributed by atoms with Crippen LogP contribution in [0.2, 0.25) is 0 Å². The first kappa shape index (κ1) is 19.3. The third-order valence-electron chi connectivity index (χ3n) is 4.26. The summed E-state index contributed by atoms with van der Waals surface area (Å²) in [5, 5.41) is 6.91. The molecule has 0 aliphatic rings. The standard InChI is InChI=1S/C21H15F2N5O2/c22-18(23)20-27-26-19(30-20)15-6-7-16(25-12-15)13-28(17-4-2-1-3-5-17)21(29)14-8-10-24-11-9-14/h1-12,18H,13H2. The zero-order valence-electron chi connectivity index (χ0n) is 15.5. The van der Waals surface area contributed by atoms with Crippen LogP contribution >= 0.6 is 0 Å². The van der Waals surface area contributed by atoms with Crippen molar-refractivity contribution in [1.29, 1.82) is 0 Å². The molecule has 3 heterocycles. The minimum absolute atomic E-state index is 0.0443. The Balaban J connectivity index is 1.59. The Morgan fingerprint density at radius 2 is 1.77 bits per heavy atom. The summed E-state index contributed by atoms with van der Waals surface area (Å²) in [5.41, 5.74) is 2.21. The van der Waals surface area contributed by atoms with Crippen LogP contribution < -0.4 is 4.90 Å². The number of benzene rings is 1. The molecule has 4 rings (SSSR count). The molecule has 4 aromatic rings. The van der Waals surface area contributed by atoms with E-state index in [-0.39, 0.29) is 18.3 Å². The lowest BCUT2D eigenvalue weighted by Crippen LogP contribution is -2.30. The lowest BCUT2D eigenvalue weighted by atomic mass is 10.2. The maximum absolute atomic E-state index is 13.1. The summed E-state index contributed by atoms with van der Waals surface area (Å²) in [6.45, 7) is 0.206. The quantitative estimate of drug-likeness (QED) is 0.473. The van der Waals surface area contributed by atoms with Crippen molar-refractivity contribution in [3.05, 3.63) is 90.3 Å². The number of carbonyl (C=O) groups excluding carboxylic acids is 1. The summed E-state index contributed by atoms with van der Waals surface area (Å²) in [6, 6.07) is 15.8. The molecule has 0 unspecified atom stereocenters. The van der Waals surface area contributed by atoms with E-state index < -0.39 is 12.3 Å². The minimum atomic E-state index is -2.84. The number of halogens is 2. The predicted molar refractivity (Wildman–Crippen MR) is 104 cm³/mol. The second kappa shape index (κ2) is 8.56. The summed E-state index contributed by atoms with van der Waals surface area (Å²) in [4.78, 5) is 22.9. The predicted octanol–water partition coefficient (Wildman–Crippen LogP) is 4.31. The highest BCUT2D eigenvalue weighted by Crippen LogP contribution is 2.24.